The molecule has 1 aliphatic rings. The third-order valence-corrected chi connectivity index (χ3v) is 6.32. The van der Waals surface area contributed by atoms with E-state index in [1.54, 1.807) is 0 Å². The minimum atomic E-state index is -4.95. The Balaban J connectivity index is 1.77. The number of hydrogen-bond donors (Lipinski definition) is 1. The molecule has 1 aliphatic heterocycles. The van der Waals surface area contributed by atoms with Gasteiger partial charge in [-0.1, -0.05) is 6.07 Å². The Hall–Kier alpha value is -3.55. The first kappa shape index (κ1) is 22.6. The summed E-state index contributed by atoms with van der Waals surface area (Å²) in [7, 11) is -4.37. The van der Waals surface area contributed by atoms with Gasteiger partial charge in [0, 0.05) is 11.8 Å². The van der Waals surface area contributed by atoms with E-state index in [-0.39, 0.29) is 27.7 Å². The predicted molar refractivity (Wildman–Crippen MR) is 103 cm³/mol. The molecular weight excluding hydrogens is 478 g/mol. The van der Waals surface area contributed by atoms with Crippen molar-refractivity contribution in [2.45, 2.75) is 24.0 Å². The van der Waals surface area contributed by atoms with Gasteiger partial charge in [-0.05, 0) is 36.4 Å². The van der Waals surface area contributed by atoms with Gasteiger partial charge in [0.25, 0.3) is 10.0 Å². The maximum atomic E-state index is 13.3. The van der Waals surface area contributed by atoms with E-state index in [1.165, 1.54) is 18.5 Å². The fourth-order valence-corrected chi connectivity index (χ4v) is 4.54. The van der Waals surface area contributed by atoms with Gasteiger partial charge in [0.05, 0.1) is 29.0 Å². The Morgan fingerprint density at radius 3 is 2.30 bits per heavy atom. The summed E-state index contributed by atoms with van der Waals surface area (Å²) in [5.41, 5.74) is -0.892. The van der Waals surface area contributed by atoms with Crippen molar-refractivity contribution in [3.63, 3.8) is 0 Å². The highest BCUT2D eigenvalue weighted by Gasteiger charge is 2.36. The first-order valence-corrected chi connectivity index (χ1v) is 10.5. The highest BCUT2D eigenvalue weighted by molar-refractivity contribution is 7.92. The monoisotopic (exact) mass is 490 g/mol. The summed E-state index contributed by atoms with van der Waals surface area (Å²) < 4.78 is 108. The Bertz CT molecular complexity index is 1290. The number of pyridine rings is 2. The number of sulfonamides is 1. The third kappa shape index (κ3) is 4.65. The molecule has 0 saturated carbocycles. The van der Waals surface area contributed by atoms with E-state index in [9.17, 15) is 34.8 Å². The summed E-state index contributed by atoms with van der Waals surface area (Å²) in [6.45, 7) is -0.407. The van der Waals surface area contributed by atoms with Gasteiger partial charge >= 0.3 is 12.5 Å². The van der Waals surface area contributed by atoms with Crippen LogP contribution in [0.5, 0.6) is 5.75 Å². The molecule has 0 spiro atoms. The fraction of sp³-hybridized carbons (Fsp3) is 0.158. The molecule has 0 radical (unpaired) electrons. The number of alkyl halides is 6. The van der Waals surface area contributed by atoms with Gasteiger partial charge in [-0.25, -0.2) is 13.4 Å². The molecule has 33 heavy (non-hydrogen) atoms. The highest BCUT2D eigenvalue weighted by atomic mass is 32.2. The lowest BCUT2D eigenvalue weighted by atomic mass is 10.2. The SMILES string of the molecule is O=S(=O)(c1ccc(OC(F)(F)F)cc1)N1Cc2ccc(C(F)(F)F)nc2Nc2ccncc21. The highest BCUT2D eigenvalue weighted by Crippen LogP contribution is 2.39. The molecule has 1 aromatic carbocycles. The van der Waals surface area contributed by atoms with E-state index in [1.807, 2.05) is 0 Å². The van der Waals surface area contributed by atoms with Crippen molar-refractivity contribution in [3.8, 4) is 5.75 Å². The van der Waals surface area contributed by atoms with Crippen LogP contribution in [-0.2, 0) is 22.7 Å². The molecule has 3 aromatic rings. The molecular formula is C19H12F6N4O3S. The molecule has 2 aromatic heterocycles. The quantitative estimate of drug-likeness (QED) is 0.529. The molecule has 14 heteroatoms. The van der Waals surface area contributed by atoms with Crippen LogP contribution < -0.4 is 14.4 Å². The summed E-state index contributed by atoms with van der Waals surface area (Å²) in [6, 6.07) is 6.71. The van der Waals surface area contributed by atoms with E-state index in [0.717, 1.165) is 40.7 Å². The van der Waals surface area contributed by atoms with Crippen LogP contribution in [0, 0.1) is 0 Å². The van der Waals surface area contributed by atoms with Gasteiger partial charge in [-0.15, -0.1) is 13.2 Å². The van der Waals surface area contributed by atoms with E-state index in [0.29, 0.717) is 0 Å². The number of rotatable bonds is 3. The number of ether oxygens (including phenoxy) is 1. The normalized spacial score (nSPS) is 14.1. The molecule has 0 atom stereocenters. The van der Waals surface area contributed by atoms with Crippen LogP contribution in [0.25, 0.3) is 0 Å². The molecule has 0 bridgehead atoms. The topological polar surface area (TPSA) is 84.4 Å². The average molecular weight is 490 g/mol. The fourth-order valence-electron chi connectivity index (χ4n) is 3.09. The van der Waals surface area contributed by atoms with Crippen LogP contribution in [0.2, 0.25) is 0 Å². The van der Waals surface area contributed by atoms with Crippen molar-refractivity contribution in [2.75, 3.05) is 9.62 Å². The van der Waals surface area contributed by atoms with Crippen molar-refractivity contribution in [1.29, 1.82) is 0 Å². The number of fused-ring (bicyclic) bond motifs is 2. The first-order chi connectivity index (χ1) is 15.3. The maximum Gasteiger partial charge on any atom is 0.573 e. The lowest BCUT2D eigenvalue weighted by Gasteiger charge is -2.24. The zero-order valence-electron chi connectivity index (χ0n) is 16.1. The number of aromatic nitrogens is 2. The lowest BCUT2D eigenvalue weighted by molar-refractivity contribution is -0.274. The summed E-state index contributed by atoms with van der Waals surface area (Å²) in [5.74, 6) is -0.806. The summed E-state index contributed by atoms with van der Waals surface area (Å²) in [5, 5.41) is 2.70. The van der Waals surface area contributed by atoms with Crippen molar-refractivity contribution in [3.05, 3.63) is 66.1 Å². The van der Waals surface area contributed by atoms with Gasteiger partial charge in [0.2, 0.25) is 0 Å². The zero-order valence-corrected chi connectivity index (χ0v) is 17.0. The molecule has 1 N–H and O–H groups in total. The molecule has 0 amide bonds. The van der Waals surface area contributed by atoms with Gasteiger partial charge in [-0.2, -0.15) is 13.2 Å². The molecule has 4 rings (SSSR count). The number of anilines is 3. The molecule has 3 heterocycles. The third-order valence-electron chi connectivity index (χ3n) is 4.55. The lowest BCUT2D eigenvalue weighted by Crippen LogP contribution is -2.30. The number of benzene rings is 1. The largest absolute Gasteiger partial charge is 0.573 e. The zero-order chi connectivity index (χ0) is 24.0. The van der Waals surface area contributed by atoms with Gasteiger partial charge in [0.1, 0.15) is 17.3 Å². The number of halogens is 6. The first-order valence-electron chi connectivity index (χ1n) is 9.01. The Labute approximate surface area is 182 Å². The Kier molecular flexibility index (Phi) is 5.35. The second kappa shape index (κ2) is 7.79. The molecule has 0 fully saturated rings. The van der Waals surface area contributed by atoms with E-state index < -0.39 is 40.6 Å². The maximum absolute atomic E-state index is 13.3. The molecule has 0 saturated heterocycles. The smallest absolute Gasteiger partial charge is 0.406 e. The van der Waals surface area contributed by atoms with Crippen LogP contribution in [0.1, 0.15) is 11.3 Å². The van der Waals surface area contributed by atoms with Crippen LogP contribution in [-0.4, -0.2) is 24.7 Å². The molecule has 174 valence electrons. The van der Waals surface area contributed by atoms with Gasteiger partial charge < -0.3 is 10.1 Å². The summed E-state index contributed by atoms with van der Waals surface area (Å²) >= 11 is 0. The van der Waals surface area contributed by atoms with Crippen LogP contribution in [0.3, 0.4) is 0 Å². The van der Waals surface area contributed by atoms with Crippen molar-refractivity contribution < 1.29 is 39.5 Å². The van der Waals surface area contributed by atoms with Gasteiger partial charge in [0.15, 0.2) is 0 Å². The van der Waals surface area contributed by atoms with Gasteiger partial charge in [-0.3, -0.25) is 9.29 Å². The summed E-state index contributed by atoms with van der Waals surface area (Å²) in [6.07, 6.45) is -7.17. The number of nitrogens with zero attached hydrogens (tertiary/aromatic N) is 3. The number of hydrogen-bond acceptors (Lipinski definition) is 6. The Morgan fingerprint density at radius 2 is 1.67 bits per heavy atom. The minimum Gasteiger partial charge on any atom is -0.406 e. The minimum absolute atomic E-state index is 0.0136. The summed E-state index contributed by atoms with van der Waals surface area (Å²) in [4.78, 5) is 7.09. The standard InChI is InChI=1S/C19H12F6N4O3S/c20-18(21,22)16-6-1-11-10-29(15-9-26-8-7-14(15)27-17(11)28-16)33(30,31)13-4-2-12(3-5-13)32-19(23,24)25/h1-9H,10H2,(H,27,28). The van der Waals surface area contributed by atoms with Crippen molar-refractivity contribution in [2.24, 2.45) is 0 Å². The van der Waals surface area contributed by atoms with Crippen LogP contribution in [0.4, 0.5) is 43.5 Å². The van der Waals surface area contributed by atoms with E-state index in [2.05, 4.69) is 20.0 Å². The van der Waals surface area contributed by atoms with Crippen LogP contribution >= 0.6 is 0 Å². The second-order valence-corrected chi connectivity index (χ2v) is 8.61. The van der Waals surface area contributed by atoms with E-state index in [4.69, 9.17) is 0 Å². The number of nitrogens with one attached hydrogen (secondary N) is 1. The average Bonchev–Trinajstić information content (AvgIpc) is 2.89. The predicted octanol–water partition coefficient (Wildman–Crippen LogP) is 4.85. The Morgan fingerprint density at radius 1 is 0.970 bits per heavy atom. The van der Waals surface area contributed by atoms with Crippen molar-refractivity contribution >= 4 is 27.2 Å². The van der Waals surface area contributed by atoms with Crippen molar-refractivity contribution in [1.82, 2.24) is 9.97 Å². The molecule has 0 unspecified atom stereocenters. The second-order valence-electron chi connectivity index (χ2n) is 6.75. The van der Waals surface area contributed by atoms with E-state index >= 15 is 0 Å². The molecule has 7 nitrogen and oxygen atoms in total. The molecule has 0 aliphatic carbocycles. The van der Waals surface area contributed by atoms with Crippen LogP contribution in [0.15, 0.2) is 59.8 Å².